The highest BCUT2D eigenvalue weighted by molar-refractivity contribution is 5.92. The molecule has 1 aromatic heterocycles. The Balaban J connectivity index is 2.31. The number of ether oxygens (including phenoxy) is 1. The first kappa shape index (κ1) is 15.5. The molecule has 0 saturated carbocycles. The van der Waals surface area contributed by atoms with Gasteiger partial charge >= 0.3 is 5.97 Å². The SMILES string of the molecule is CCCc1nc2cc(C(=O)O)ccc2n1CCCCOC. The molecule has 0 fully saturated rings. The third kappa shape index (κ3) is 3.61. The number of nitrogens with zero attached hydrogens (tertiary/aromatic N) is 2. The van der Waals surface area contributed by atoms with Gasteiger partial charge in [-0.15, -0.1) is 0 Å². The molecular weight excluding hydrogens is 268 g/mol. The molecule has 0 radical (unpaired) electrons. The minimum atomic E-state index is -0.913. The molecule has 0 aliphatic rings. The molecule has 0 saturated heterocycles. The van der Waals surface area contributed by atoms with Crippen molar-refractivity contribution in [1.82, 2.24) is 9.55 Å². The maximum Gasteiger partial charge on any atom is 0.335 e. The first-order valence-corrected chi connectivity index (χ1v) is 7.38. The van der Waals surface area contributed by atoms with E-state index in [4.69, 9.17) is 9.84 Å². The third-order valence-electron chi connectivity index (χ3n) is 3.53. The van der Waals surface area contributed by atoms with Crippen molar-refractivity contribution in [2.75, 3.05) is 13.7 Å². The lowest BCUT2D eigenvalue weighted by molar-refractivity contribution is 0.0697. The number of hydrogen-bond donors (Lipinski definition) is 1. The van der Waals surface area contributed by atoms with Crippen LogP contribution in [0.4, 0.5) is 0 Å². The largest absolute Gasteiger partial charge is 0.478 e. The Kier molecular flexibility index (Phi) is 5.33. The minimum Gasteiger partial charge on any atom is -0.478 e. The van der Waals surface area contributed by atoms with Gasteiger partial charge < -0.3 is 14.4 Å². The Morgan fingerprint density at radius 1 is 1.38 bits per heavy atom. The number of aryl methyl sites for hydroxylation is 2. The van der Waals surface area contributed by atoms with E-state index in [1.807, 2.05) is 6.07 Å². The molecule has 5 nitrogen and oxygen atoms in total. The van der Waals surface area contributed by atoms with Crippen LogP contribution in [0.2, 0.25) is 0 Å². The summed E-state index contributed by atoms with van der Waals surface area (Å²) < 4.78 is 7.29. The van der Waals surface area contributed by atoms with Crippen LogP contribution in [0.3, 0.4) is 0 Å². The van der Waals surface area contributed by atoms with Gasteiger partial charge in [-0.2, -0.15) is 0 Å². The van der Waals surface area contributed by atoms with Gasteiger partial charge in [0.1, 0.15) is 5.82 Å². The molecule has 1 heterocycles. The highest BCUT2D eigenvalue weighted by atomic mass is 16.5. The van der Waals surface area contributed by atoms with Gasteiger partial charge in [0.2, 0.25) is 0 Å². The summed E-state index contributed by atoms with van der Waals surface area (Å²) in [5, 5.41) is 9.08. The molecule has 0 aliphatic carbocycles. The number of carbonyl (C=O) groups is 1. The molecule has 2 aromatic rings. The smallest absolute Gasteiger partial charge is 0.335 e. The highest BCUT2D eigenvalue weighted by Crippen LogP contribution is 2.20. The molecule has 0 bridgehead atoms. The van der Waals surface area contributed by atoms with Crippen LogP contribution in [0.25, 0.3) is 11.0 Å². The lowest BCUT2D eigenvalue weighted by Crippen LogP contribution is -2.05. The predicted octanol–water partition coefficient (Wildman–Crippen LogP) is 3.11. The van der Waals surface area contributed by atoms with Crippen LogP contribution < -0.4 is 0 Å². The van der Waals surface area contributed by atoms with Crippen molar-refractivity contribution in [3.8, 4) is 0 Å². The van der Waals surface area contributed by atoms with E-state index in [0.717, 1.165) is 55.7 Å². The van der Waals surface area contributed by atoms with Crippen molar-refractivity contribution in [2.24, 2.45) is 0 Å². The van der Waals surface area contributed by atoms with E-state index in [1.54, 1.807) is 19.2 Å². The number of benzene rings is 1. The van der Waals surface area contributed by atoms with Crippen LogP contribution in [0, 0.1) is 0 Å². The maximum atomic E-state index is 11.1. The second-order valence-electron chi connectivity index (χ2n) is 5.14. The van der Waals surface area contributed by atoms with E-state index >= 15 is 0 Å². The van der Waals surface area contributed by atoms with Crippen molar-refractivity contribution in [3.05, 3.63) is 29.6 Å². The summed E-state index contributed by atoms with van der Waals surface area (Å²) in [7, 11) is 1.71. The van der Waals surface area contributed by atoms with Crippen LogP contribution in [-0.2, 0) is 17.7 Å². The Labute approximate surface area is 124 Å². The van der Waals surface area contributed by atoms with Gasteiger partial charge in [0.05, 0.1) is 16.6 Å². The number of carboxylic acids is 1. The Morgan fingerprint density at radius 2 is 2.19 bits per heavy atom. The zero-order valence-corrected chi connectivity index (χ0v) is 12.6. The lowest BCUT2D eigenvalue weighted by atomic mass is 10.2. The molecule has 0 spiro atoms. The average molecular weight is 290 g/mol. The zero-order valence-electron chi connectivity index (χ0n) is 12.6. The molecule has 0 aliphatic heterocycles. The molecule has 5 heteroatoms. The van der Waals surface area contributed by atoms with Crippen LogP contribution in [-0.4, -0.2) is 34.3 Å². The summed E-state index contributed by atoms with van der Waals surface area (Å²) in [6, 6.07) is 5.16. The molecule has 1 N–H and O–H groups in total. The summed E-state index contributed by atoms with van der Waals surface area (Å²) in [5.74, 6) is 0.121. The number of aromatic carboxylic acids is 1. The molecule has 0 unspecified atom stereocenters. The number of hydrogen-bond acceptors (Lipinski definition) is 3. The van der Waals surface area contributed by atoms with Gasteiger partial charge in [0.25, 0.3) is 0 Å². The van der Waals surface area contributed by atoms with Crippen LogP contribution in [0.1, 0.15) is 42.4 Å². The number of fused-ring (bicyclic) bond motifs is 1. The normalized spacial score (nSPS) is 11.1. The van der Waals surface area contributed by atoms with Crippen molar-refractivity contribution in [2.45, 2.75) is 39.2 Å². The standard InChI is InChI=1S/C16H22N2O3/c1-3-6-15-17-13-11-12(16(19)20)7-8-14(13)18(15)9-4-5-10-21-2/h7-8,11H,3-6,9-10H2,1-2H3,(H,19,20). The summed E-state index contributed by atoms with van der Waals surface area (Å²) in [4.78, 5) is 15.7. The van der Waals surface area contributed by atoms with Gasteiger partial charge in [-0.3, -0.25) is 0 Å². The molecule has 114 valence electrons. The third-order valence-corrected chi connectivity index (χ3v) is 3.53. The number of aromatic nitrogens is 2. The molecule has 0 atom stereocenters. The van der Waals surface area contributed by atoms with Gasteiger partial charge in [-0.25, -0.2) is 9.78 Å². The molecule has 0 amide bonds. The van der Waals surface area contributed by atoms with E-state index in [9.17, 15) is 4.79 Å². The first-order valence-electron chi connectivity index (χ1n) is 7.38. The maximum absolute atomic E-state index is 11.1. The van der Waals surface area contributed by atoms with E-state index < -0.39 is 5.97 Å². The predicted molar refractivity (Wildman–Crippen MR) is 81.8 cm³/mol. The number of unbranched alkanes of at least 4 members (excludes halogenated alkanes) is 1. The monoisotopic (exact) mass is 290 g/mol. The minimum absolute atomic E-state index is 0.287. The quantitative estimate of drug-likeness (QED) is 0.759. The molecular formula is C16H22N2O3. The molecule has 21 heavy (non-hydrogen) atoms. The van der Waals surface area contributed by atoms with E-state index in [-0.39, 0.29) is 5.56 Å². The number of rotatable bonds is 8. The molecule has 1 aromatic carbocycles. The van der Waals surface area contributed by atoms with Gasteiger partial charge in [-0.1, -0.05) is 6.92 Å². The Bertz CT molecular complexity index is 619. The van der Waals surface area contributed by atoms with Crippen LogP contribution in [0.5, 0.6) is 0 Å². The zero-order chi connectivity index (χ0) is 15.2. The van der Waals surface area contributed by atoms with Gasteiger partial charge in [-0.05, 0) is 37.5 Å². The van der Waals surface area contributed by atoms with Crippen molar-refractivity contribution in [3.63, 3.8) is 0 Å². The van der Waals surface area contributed by atoms with Crippen molar-refractivity contribution in [1.29, 1.82) is 0 Å². The van der Waals surface area contributed by atoms with E-state index in [0.29, 0.717) is 0 Å². The second kappa shape index (κ2) is 7.22. The fraction of sp³-hybridized carbons (Fsp3) is 0.500. The lowest BCUT2D eigenvalue weighted by Gasteiger charge is -2.08. The van der Waals surface area contributed by atoms with Crippen LogP contribution >= 0.6 is 0 Å². The number of imidazole rings is 1. The van der Waals surface area contributed by atoms with Crippen molar-refractivity contribution >= 4 is 17.0 Å². The average Bonchev–Trinajstić information content (AvgIpc) is 2.81. The fourth-order valence-corrected chi connectivity index (χ4v) is 2.49. The van der Waals surface area contributed by atoms with Gasteiger partial charge in [0.15, 0.2) is 0 Å². The number of carboxylic acid groups (broad SMARTS) is 1. The van der Waals surface area contributed by atoms with E-state index in [1.165, 1.54) is 0 Å². The Morgan fingerprint density at radius 3 is 2.86 bits per heavy atom. The van der Waals surface area contributed by atoms with Crippen LogP contribution in [0.15, 0.2) is 18.2 Å². The summed E-state index contributed by atoms with van der Waals surface area (Å²) in [6.07, 6.45) is 3.96. The summed E-state index contributed by atoms with van der Waals surface area (Å²) in [6.45, 7) is 3.78. The topological polar surface area (TPSA) is 64.3 Å². The highest BCUT2D eigenvalue weighted by Gasteiger charge is 2.12. The fourth-order valence-electron chi connectivity index (χ4n) is 2.49. The summed E-state index contributed by atoms with van der Waals surface area (Å²) in [5.41, 5.74) is 2.07. The van der Waals surface area contributed by atoms with Crippen molar-refractivity contribution < 1.29 is 14.6 Å². The van der Waals surface area contributed by atoms with E-state index in [2.05, 4.69) is 16.5 Å². The Hall–Kier alpha value is -1.88. The molecule has 2 rings (SSSR count). The summed E-state index contributed by atoms with van der Waals surface area (Å²) >= 11 is 0. The van der Waals surface area contributed by atoms with Gasteiger partial charge in [0, 0.05) is 26.7 Å². The number of methoxy groups -OCH3 is 1. The second-order valence-corrected chi connectivity index (χ2v) is 5.14. The first-order chi connectivity index (χ1) is 10.2.